The molecule has 0 aliphatic heterocycles. The predicted molar refractivity (Wildman–Crippen MR) is 104 cm³/mol. The summed E-state index contributed by atoms with van der Waals surface area (Å²) in [6.45, 7) is 1.42. The van der Waals surface area contributed by atoms with Crippen LogP contribution in [0.1, 0.15) is 17.3 Å². The first-order valence-corrected chi connectivity index (χ1v) is 8.47. The number of benzene rings is 2. The third-order valence-corrected chi connectivity index (χ3v) is 3.69. The number of hydrogen-bond acceptors (Lipinski definition) is 7. The molecule has 0 aromatic heterocycles. The van der Waals surface area contributed by atoms with Gasteiger partial charge in [0.15, 0.2) is 12.4 Å². The van der Waals surface area contributed by atoms with E-state index in [9.17, 15) is 19.7 Å². The highest BCUT2D eigenvalue weighted by Gasteiger charge is 2.20. The lowest BCUT2D eigenvalue weighted by Crippen LogP contribution is -2.21. The summed E-state index contributed by atoms with van der Waals surface area (Å²) < 4.78 is 10.1. The highest BCUT2D eigenvalue weighted by Crippen LogP contribution is 2.28. The number of anilines is 2. The molecule has 2 aromatic carbocycles. The molecular weight excluding hydrogens is 366 g/mol. The van der Waals surface area contributed by atoms with Crippen molar-refractivity contribution in [1.82, 2.24) is 0 Å². The van der Waals surface area contributed by atoms with Crippen LogP contribution in [0.5, 0.6) is 5.75 Å². The quantitative estimate of drug-likeness (QED) is 0.421. The van der Waals surface area contributed by atoms with E-state index in [2.05, 4.69) is 5.32 Å². The maximum Gasteiger partial charge on any atom is 0.338 e. The fraction of sp³-hybridized carbons (Fsp3) is 0.263. The van der Waals surface area contributed by atoms with Crippen LogP contribution >= 0.6 is 0 Å². The molecule has 0 fully saturated rings. The van der Waals surface area contributed by atoms with Gasteiger partial charge in [0.1, 0.15) is 0 Å². The Hall–Kier alpha value is -3.62. The molecule has 9 heteroatoms. The van der Waals surface area contributed by atoms with Crippen molar-refractivity contribution >= 4 is 28.9 Å². The molecule has 0 bridgehead atoms. The molecule has 0 saturated heterocycles. The number of rotatable bonds is 8. The van der Waals surface area contributed by atoms with Gasteiger partial charge in [-0.25, -0.2) is 4.79 Å². The molecule has 9 nitrogen and oxygen atoms in total. The van der Waals surface area contributed by atoms with E-state index in [1.54, 1.807) is 19.1 Å². The molecule has 0 atom stereocenters. The van der Waals surface area contributed by atoms with E-state index in [0.717, 1.165) is 11.8 Å². The molecule has 148 valence electrons. The van der Waals surface area contributed by atoms with Crippen molar-refractivity contribution < 1.29 is 24.0 Å². The zero-order valence-electron chi connectivity index (χ0n) is 15.8. The maximum absolute atomic E-state index is 12.1. The molecule has 0 radical (unpaired) electrons. The second-order valence-electron chi connectivity index (χ2n) is 5.94. The Bertz CT molecular complexity index is 864. The van der Waals surface area contributed by atoms with Gasteiger partial charge in [0.25, 0.3) is 5.91 Å². The van der Waals surface area contributed by atoms with Crippen LogP contribution in [0.4, 0.5) is 17.1 Å². The van der Waals surface area contributed by atoms with Crippen LogP contribution in [-0.4, -0.2) is 44.1 Å². The van der Waals surface area contributed by atoms with Crippen LogP contribution in [0.25, 0.3) is 0 Å². The van der Waals surface area contributed by atoms with Gasteiger partial charge in [-0.1, -0.05) is 0 Å². The summed E-state index contributed by atoms with van der Waals surface area (Å²) in [5.74, 6) is -1.31. The van der Waals surface area contributed by atoms with Crippen LogP contribution in [0, 0.1) is 10.1 Å². The van der Waals surface area contributed by atoms with Crippen LogP contribution in [0.15, 0.2) is 42.5 Å². The van der Waals surface area contributed by atoms with Crippen molar-refractivity contribution in [2.24, 2.45) is 0 Å². The van der Waals surface area contributed by atoms with Gasteiger partial charge in [-0.3, -0.25) is 14.9 Å². The molecule has 0 unspecified atom stereocenters. The molecule has 0 aliphatic carbocycles. The summed E-state index contributed by atoms with van der Waals surface area (Å²) in [5.41, 5.74) is 1.14. The van der Waals surface area contributed by atoms with E-state index in [1.807, 2.05) is 31.1 Å². The number of esters is 1. The van der Waals surface area contributed by atoms with Crippen LogP contribution < -0.4 is 15.0 Å². The number of nitrogens with one attached hydrogen (secondary N) is 1. The number of nitro groups is 1. The Morgan fingerprint density at radius 2 is 1.82 bits per heavy atom. The van der Waals surface area contributed by atoms with Crippen molar-refractivity contribution in [2.45, 2.75) is 6.92 Å². The van der Waals surface area contributed by atoms with Gasteiger partial charge >= 0.3 is 11.7 Å². The highest BCUT2D eigenvalue weighted by atomic mass is 16.6. The lowest BCUT2D eigenvalue weighted by molar-refractivity contribution is -0.385. The minimum atomic E-state index is -0.843. The van der Waals surface area contributed by atoms with E-state index in [-0.39, 0.29) is 23.6 Å². The van der Waals surface area contributed by atoms with E-state index < -0.39 is 23.4 Å². The molecule has 1 amide bonds. The van der Waals surface area contributed by atoms with Crippen molar-refractivity contribution in [3.8, 4) is 5.75 Å². The van der Waals surface area contributed by atoms with E-state index in [1.165, 1.54) is 12.1 Å². The Kier molecular flexibility index (Phi) is 6.91. The molecule has 0 saturated carbocycles. The molecular formula is C19H21N3O6. The van der Waals surface area contributed by atoms with Gasteiger partial charge in [-0.2, -0.15) is 0 Å². The largest absolute Gasteiger partial charge is 0.487 e. The van der Waals surface area contributed by atoms with Gasteiger partial charge in [0, 0.05) is 31.5 Å². The molecule has 1 N–H and O–H groups in total. The van der Waals surface area contributed by atoms with Gasteiger partial charge in [0.05, 0.1) is 17.1 Å². The molecule has 28 heavy (non-hydrogen) atoms. The first kappa shape index (κ1) is 20.7. The van der Waals surface area contributed by atoms with Crippen LogP contribution in [0.3, 0.4) is 0 Å². The summed E-state index contributed by atoms with van der Waals surface area (Å²) in [6.07, 6.45) is 0. The molecule has 2 rings (SSSR count). The van der Waals surface area contributed by atoms with Crippen molar-refractivity contribution in [3.05, 3.63) is 58.1 Å². The minimum Gasteiger partial charge on any atom is -0.487 e. The molecule has 0 aliphatic rings. The van der Waals surface area contributed by atoms with E-state index >= 15 is 0 Å². The zero-order valence-corrected chi connectivity index (χ0v) is 15.8. The number of hydrogen-bond donors (Lipinski definition) is 1. The Morgan fingerprint density at radius 3 is 2.39 bits per heavy atom. The standard InChI is InChI=1S/C19H21N3O6/c1-4-27-17-10-5-13(11-16(17)22(25)26)19(24)28-12-18(23)20-14-6-8-15(9-7-14)21(2)3/h5-11H,4,12H2,1-3H3,(H,20,23). The third-order valence-electron chi connectivity index (χ3n) is 3.69. The number of nitrogens with zero attached hydrogens (tertiary/aromatic N) is 2. The normalized spacial score (nSPS) is 10.1. The lowest BCUT2D eigenvalue weighted by atomic mass is 10.2. The maximum atomic E-state index is 12.1. The smallest absolute Gasteiger partial charge is 0.338 e. The first-order chi connectivity index (χ1) is 13.3. The monoisotopic (exact) mass is 387 g/mol. The Morgan fingerprint density at radius 1 is 1.14 bits per heavy atom. The summed E-state index contributed by atoms with van der Waals surface area (Å²) in [6, 6.07) is 10.9. The summed E-state index contributed by atoms with van der Waals surface area (Å²) in [7, 11) is 3.80. The van der Waals surface area contributed by atoms with Gasteiger partial charge < -0.3 is 19.7 Å². The predicted octanol–water partition coefficient (Wildman–Crippen LogP) is 2.86. The molecule has 2 aromatic rings. The summed E-state index contributed by atoms with van der Waals surface area (Å²) >= 11 is 0. The number of amides is 1. The summed E-state index contributed by atoms with van der Waals surface area (Å²) in [5, 5.41) is 13.7. The van der Waals surface area contributed by atoms with Crippen LogP contribution in [-0.2, 0) is 9.53 Å². The first-order valence-electron chi connectivity index (χ1n) is 8.47. The second kappa shape index (κ2) is 9.36. The topological polar surface area (TPSA) is 111 Å². The van der Waals surface area contributed by atoms with Crippen molar-refractivity contribution in [2.75, 3.05) is 37.5 Å². The fourth-order valence-electron chi connectivity index (χ4n) is 2.32. The van der Waals surface area contributed by atoms with Gasteiger partial charge in [0.2, 0.25) is 0 Å². The zero-order chi connectivity index (χ0) is 20.7. The Labute approximate surface area is 162 Å². The molecule has 0 heterocycles. The SMILES string of the molecule is CCOc1ccc(C(=O)OCC(=O)Nc2ccc(N(C)C)cc2)cc1[N+](=O)[O-]. The van der Waals surface area contributed by atoms with Gasteiger partial charge in [-0.05, 0) is 43.3 Å². The number of nitro benzene ring substituents is 1. The average molecular weight is 387 g/mol. The lowest BCUT2D eigenvalue weighted by Gasteiger charge is -2.13. The number of carbonyl (C=O) groups is 2. The third kappa shape index (κ3) is 5.44. The number of carbonyl (C=O) groups excluding carboxylic acids is 2. The van der Waals surface area contributed by atoms with Crippen molar-refractivity contribution in [3.63, 3.8) is 0 Å². The minimum absolute atomic E-state index is 0.0433. The second-order valence-corrected chi connectivity index (χ2v) is 5.94. The Balaban J connectivity index is 1.96. The fourth-order valence-corrected chi connectivity index (χ4v) is 2.32. The van der Waals surface area contributed by atoms with Crippen molar-refractivity contribution in [1.29, 1.82) is 0 Å². The van der Waals surface area contributed by atoms with Gasteiger partial charge in [-0.15, -0.1) is 0 Å². The van der Waals surface area contributed by atoms with E-state index in [4.69, 9.17) is 9.47 Å². The average Bonchev–Trinajstić information content (AvgIpc) is 2.67. The highest BCUT2D eigenvalue weighted by molar-refractivity contribution is 5.96. The van der Waals surface area contributed by atoms with Crippen LogP contribution in [0.2, 0.25) is 0 Å². The molecule has 0 spiro atoms. The number of ether oxygens (including phenoxy) is 2. The van der Waals surface area contributed by atoms with E-state index in [0.29, 0.717) is 5.69 Å². The summed E-state index contributed by atoms with van der Waals surface area (Å²) in [4.78, 5) is 36.4.